The van der Waals surface area contributed by atoms with E-state index in [-0.39, 0.29) is 11.5 Å². The molecule has 1 amide bonds. The van der Waals surface area contributed by atoms with Crippen LogP contribution in [-0.4, -0.2) is 41.1 Å². The van der Waals surface area contributed by atoms with Crippen molar-refractivity contribution >= 4 is 22.5 Å². The molecule has 192 valence electrons. The molecule has 9 heteroatoms. The van der Waals surface area contributed by atoms with Gasteiger partial charge in [-0.15, -0.1) is 0 Å². The van der Waals surface area contributed by atoms with Crippen LogP contribution in [0.25, 0.3) is 10.9 Å². The van der Waals surface area contributed by atoms with E-state index in [9.17, 15) is 23.1 Å². The van der Waals surface area contributed by atoms with Crippen molar-refractivity contribution in [3.8, 4) is 5.75 Å². The number of likely N-dealkylation sites (tertiary alicyclic amines) is 1. The summed E-state index contributed by atoms with van der Waals surface area (Å²) in [6.07, 6.45) is -2.09. The molecule has 0 radical (unpaired) electrons. The molecule has 4 rings (SSSR count). The smallest absolute Gasteiger partial charge is 0.416 e. The Labute approximate surface area is 208 Å². The summed E-state index contributed by atoms with van der Waals surface area (Å²) < 4.78 is 45.9. The molecule has 1 fully saturated rings. The molecule has 6 nitrogen and oxygen atoms in total. The fourth-order valence-electron chi connectivity index (χ4n) is 5.03. The van der Waals surface area contributed by atoms with Crippen LogP contribution in [0.15, 0.2) is 42.6 Å². The summed E-state index contributed by atoms with van der Waals surface area (Å²) >= 11 is 0. The van der Waals surface area contributed by atoms with Crippen LogP contribution in [0.3, 0.4) is 0 Å². The zero-order valence-corrected chi connectivity index (χ0v) is 20.7. The van der Waals surface area contributed by atoms with Crippen molar-refractivity contribution < 1.29 is 27.8 Å². The highest BCUT2D eigenvalue weighted by molar-refractivity contribution is 5.93. The summed E-state index contributed by atoms with van der Waals surface area (Å²) in [5.74, 6) is 0.463. The zero-order valence-electron chi connectivity index (χ0n) is 20.7. The molecule has 2 heterocycles. The third kappa shape index (κ3) is 4.84. The van der Waals surface area contributed by atoms with Crippen molar-refractivity contribution in [3.63, 3.8) is 0 Å². The molecule has 1 atom stereocenters. The zero-order chi connectivity index (χ0) is 26.3. The van der Waals surface area contributed by atoms with Crippen LogP contribution in [-0.2, 0) is 16.6 Å². The second-order valence-electron chi connectivity index (χ2n) is 9.35. The van der Waals surface area contributed by atoms with Crippen LogP contribution in [0.2, 0.25) is 0 Å². The Kier molecular flexibility index (Phi) is 6.88. The summed E-state index contributed by atoms with van der Waals surface area (Å²) in [7, 11) is 1.53. The average Bonchev–Trinajstić information content (AvgIpc) is 2.83. The molecule has 36 heavy (non-hydrogen) atoms. The lowest BCUT2D eigenvalue weighted by molar-refractivity contribution is -0.138. The molecule has 2 aromatic carbocycles. The lowest BCUT2D eigenvalue weighted by Crippen LogP contribution is -2.44. The minimum Gasteiger partial charge on any atom is -0.496 e. The number of nitrogens with zero attached hydrogens (tertiary/aromatic N) is 2. The van der Waals surface area contributed by atoms with Gasteiger partial charge in [0.25, 0.3) is 0 Å². The first kappa shape index (κ1) is 25.8. The Bertz CT molecular complexity index is 1280. The number of methoxy groups -OCH3 is 1. The average molecular weight is 502 g/mol. The molecule has 0 aliphatic carbocycles. The SMILES string of the molecule is COc1cc2nccc(N[C@H](C)c3cccc(C(F)(F)F)c3C)c2cc1C1(O)CCN(C(C)=O)CC1. The van der Waals surface area contributed by atoms with Crippen LogP contribution in [0.4, 0.5) is 18.9 Å². The summed E-state index contributed by atoms with van der Waals surface area (Å²) in [6, 6.07) is 9.12. The molecule has 2 N–H and O–H groups in total. The number of halogens is 3. The van der Waals surface area contributed by atoms with Gasteiger partial charge in [-0.05, 0) is 56.0 Å². The van der Waals surface area contributed by atoms with Crippen molar-refractivity contribution in [1.82, 2.24) is 9.88 Å². The van der Waals surface area contributed by atoms with Gasteiger partial charge in [0.05, 0.1) is 23.8 Å². The summed E-state index contributed by atoms with van der Waals surface area (Å²) in [6.45, 7) is 5.66. The monoisotopic (exact) mass is 501 g/mol. The van der Waals surface area contributed by atoms with Gasteiger partial charge in [0, 0.05) is 55.0 Å². The van der Waals surface area contributed by atoms with Gasteiger partial charge in [-0.2, -0.15) is 13.2 Å². The van der Waals surface area contributed by atoms with Gasteiger partial charge in [0.15, 0.2) is 0 Å². The van der Waals surface area contributed by atoms with Crippen molar-refractivity contribution in [3.05, 3.63) is 64.8 Å². The van der Waals surface area contributed by atoms with Crippen molar-refractivity contribution in [2.24, 2.45) is 0 Å². The number of fused-ring (bicyclic) bond motifs is 1. The first-order valence-electron chi connectivity index (χ1n) is 11.8. The lowest BCUT2D eigenvalue weighted by atomic mass is 9.83. The number of aromatic nitrogens is 1. The molecule has 1 aliphatic heterocycles. The Morgan fingerprint density at radius 2 is 1.92 bits per heavy atom. The Morgan fingerprint density at radius 3 is 2.53 bits per heavy atom. The molecule has 0 bridgehead atoms. The van der Waals surface area contributed by atoms with Gasteiger partial charge in [0.2, 0.25) is 5.91 Å². The highest BCUT2D eigenvalue weighted by atomic mass is 19.4. The van der Waals surface area contributed by atoms with Crippen LogP contribution >= 0.6 is 0 Å². The van der Waals surface area contributed by atoms with Gasteiger partial charge in [-0.1, -0.05) is 12.1 Å². The summed E-state index contributed by atoms with van der Waals surface area (Å²) in [5.41, 5.74) is 0.772. The quantitative estimate of drug-likeness (QED) is 0.478. The van der Waals surface area contributed by atoms with E-state index in [2.05, 4.69) is 10.3 Å². The highest BCUT2D eigenvalue weighted by Gasteiger charge is 2.37. The van der Waals surface area contributed by atoms with E-state index >= 15 is 0 Å². The molecule has 0 unspecified atom stereocenters. The first-order valence-corrected chi connectivity index (χ1v) is 11.8. The molecule has 0 spiro atoms. The van der Waals surface area contributed by atoms with E-state index in [4.69, 9.17) is 4.74 Å². The lowest BCUT2D eigenvalue weighted by Gasteiger charge is -2.38. The maximum absolute atomic E-state index is 13.4. The number of hydrogen-bond donors (Lipinski definition) is 2. The van der Waals surface area contributed by atoms with Gasteiger partial charge in [-0.3, -0.25) is 9.78 Å². The maximum Gasteiger partial charge on any atom is 0.416 e. The van der Waals surface area contributed by atoms with Crippen LogP contribution in [0, 0.1) is 6.92 Å². The standard InChI is InChI=1S/C27H30F3N3O3/c1-16-19(6-5-7-21(16)27(28,29)30)17(2)32-23-8-11-31-24-15-25(36-4)22(14-20(23)24)26(35)9-12-33(13-10-26)18(3)34/h5-8,11,14-15,17,35H,9-10,12-13H2,1-4H3,(H,31,32)/t17-/m1/s1. The maximum atomic E-state index is 13.4. The first-order chi connectivity index (χ1) is 16.9. The van der Waals surface area contributed by atoms with Crippen LogP contribution < -0.4 is 10.1 Å². The van der Waals surface area contributed by atoms with Crippen molar-refractivity contribution in [1.29, 1.82) is 0 Å². The van der Waals surface area contributed by atoms with E-state index in [1.165, 1.54) is 27.0 Å². The second-order valence-corrected chi connectivity index (χ2v) is 9.35. The topological polar surface area (TPSA) is 74.7 Å². The van der Waals surface area contributed by atoms with Gasteiger partial charge in [0.1, 0.15) is 5.75 Å². The Balaban J connectivity index is 1.72. The van der Waals surface area contributed by atoms with Gasteiger partial charge >= 0.3 is 6.18 Å². The Morgan fingerprint density at radius 1 is 1.22 bits per heavy atom. The third-order valence-corrected chi connectivity index (χ3v) is 7.12. The Hall–Kier alpha value is -3.33. The van der Waals surface area contributed by atoms with Crippen molar-refractivity contribution in [2.75, 3.05) is 25.5 Å². The minimum atomic E-state index is -4.43. The second kappa shape index (κ2) is 9.61. The number of carbonyl (C=O) groups excluding carboxylic acids is 1. The number of amides is 1. The molecule has 1 aromatic heterocycles. The number of pyridine rings is 1. The molecular weight excluding hydrogens is 471 g/mol. The summed E-state index contributed by atoms with van der Waals surface area (Å²) in [4.78, 5) is 17.9. The number of benzene rings is 2. The number of anilines is 1. The fourth-order valence-corrected chi connectivity index (χ4v) is 5.03. The number of carbonyl (C=O) groups is 1. The molecular formula is C27H30F3N3O3. The third-order valence-electron chi connectivity index (χ3n) is 7.12. The molecule has 0 saturated carbocycles. The van der Waals surface area contributed by atoms with E-state index in [0.29, 0.717) is 59.4 Å². The number of piperidine rings is 1. The summed E-state index contributed by atoms with van der Waals surface area (Å²) in [5, 5.41) is 15.6. The largest absolute Gasteiger partial charge is 0.496 e. The predicted octanol–water partition coefficient (Wildman–Crippen LogP) is 5.57. The normalized spacial score (nSPS) is 16.6. The number of ether oxygens (including phenoxy) is 1. The molecule has 1 aliphatic rings. The number of hydrogen-bond acceptors (Lipinski definition) is 5. The number of aliphatic hydroxyl groups is 1. The number of nitrogens with one attached hydrogen (secondary N) is 1. The van der Waals surface area contributed by atoms with Gasteiger partial charge in [-0.25, -0.2) is 0 Å². The van der Waals surface area contributed by atoms with E-state index in [0.717, 1.165) is 6.07 Å². The van der Waals surface area contributed by atoms with E-state index < -0.39 is 23.4 Å². The minimum absolute atomic E-state index is 0.0305. The van der Waals surface area contributed by atoms with Crippen LogP contribution in [0.5, 0.6) is 5.75 Å². The van der Waals surface area contributed by atoms with Crippen molar-refractivity contribution in [2.45, 2.75) is 51.4 Å². The number of alkyl halides is 3. The van der Waals surface area contributed by atoms with E-state index in [1.807, 2.05) is 13.0 Å². The fraction of sp³-hybridized carbons (Fsp3) is 0.407. The van der Waals surface area contributed by atoms with E-state index in [1.54, 1.807) is 29.3 Å². The van der Waals surface area contributed by atoms with Crippen LogP contribution in [0.1, 0.15) is 55.0 Å². The molecule has 3 aromatic rings. The predicted molar refractivity (Wildman–Crippen MR) is 132 cm³/mol. The molecule has 1 saturated heterocycles. The highest BCUT2D eigenvalue weighted by Crippen LogP contribution is 2.42. The van der Waals surface area contributed by atoms with Gasteiger partial charge < -0.3 is 20.1 Å². The number of rotatable bonds is 5.